The van der Waals surface area contributed by atoms with Crippen molar-refractivity contribution >= 4 is 5.91 Å². The quantitative estimate of drug-likeness (QED) is 0.882. The molecule has 0 heterocycles. The Balaban J connectivity index is 1.94. The van der Waals surface area contributed by atoms with Gasteiger partial charge in [-0.1, -0.05) is 32.8 Å². The predicted octanol–water partition coefficient (Wildman–Crippen LogP) is 3.39. The number of carbonyl (C=O) groups excluding carboxylic acids is 1. The third-order valence-electron chi connectivity index (χ3n) is 3.37. The second-order valence-electron chi connectivity index (χ2n) is 5.69. The van der Waals surface area contributed by atoms with Gasteiger partial charge >= 0.3 is 0 Å². The molecule has 0 unspecified atom stereocenters. The van der Waals surface area contributed by atoms with Crippen molar-refractivity contribution in [1.82, 2.24) is 5.32 Å². The summed E-state index contributed by atoms with van der Waals surface area (Å²) in [6.07, 6.45) is 4.66. The zero-order valence-corrected chi connectivity index (χ0v) is 11.8. The van der Waals surface area contributed by atoms with Crippen molar-refractivity contribution in [2.45, 2.75) is 45.6 Å². The molecule has 0 atom stereocenters. The Labute approximate surface area is 115 Å². The van der Waals surface area contributed by atoms with Gasteiger partial charge < -0.3 is 10.1 Å². The first-order valence-corrected chi connectivity index (χ1v) is 7.19. The van der Waals surface area contributed by atoms with Crippen molar-refractivity contribution in [3.05, 3.63) is 29.8 Å². The van der Waals surface area contributed by atoms with E-state index < -0.39 is 0 Å². The molecular weight excluding hydrogens is 238 g/mol. The molecule has 1 aliphatic carbocycles. The SMILES string of the molecule is CC(C)COc1cccc(C(=O)NC2CCCC2)c1. The Bertz CT molecular complexity index is 423. The molecule has 1 aliphatic rings. The summed E-state index contributed by atoms with van der Waals surface area (Å²) in [6.45, 7) is 4.89. The van der Waals surface area contributed by atoms with Gasteiger partial charge in [0, 0.05) is 11.6 Å². The van der Waals surface area contributed by atoms with Crippen molar-refractivity contribution in [1.29, 1.82) is 0 Å². The molecule has 0 aliphatic heterocycles. The van der Waals surface area contributed by atoms with Gasteiger partial charge in [-0.3, -0.25) is 4.79 Å². The molecule has 2 rings (SSSR count). The zero-order chi connectivity index (χ0) is 13.7. The number of benzene rings is 1. The van der Waals surface area contributed by atoms with Crippen LogP contribution in [0.3, 0.4) is 0 Å². The first-order chi connectivity index (χ1) is 9.15. The molecule has 0 aromatic heterocycles. The van der Waals surface area contributed by atoms with E-state index in [0.717, 1.165) is 18.6 Å². The van der Waals surface area contributed by atoms with Gasteiger partial charge in [0.1, 0.15) is 5.75 Å². The molecule has 1 aromatic carbocycles. The monoisotopic (exact) mass is 261 g/mol. The van der Waals surface area contributed by atoms with Gasteiger partial charge in [-0.2, -0.15) is 0 Å². The second kappa shape index (κ2) is 6.60. The van der Waals surface area contributed by atoms with Crippen LogP contribution in [0.25, 0.3) is 0 Å². The van der Waals surface area contributed by atoms with E-state index in [1.54, 1.807) is 0 Å². The fourth-order valence-corrected chi connectivity index (χ4v) is 2.33. The van der Waals surface area contributed by atoms with Gasteiger partial charge in [0.25, 0.3) is 5.91 Å². The van der Waals surface area contributed by atoms with E-state index >= 15 is 0 Å². The maximum absolute atomic E-state index is 12.1. The van der Waals surface area contributed by atoms with E-state index in [4.69, 9.17) is 4.74 Å². The zero-order valence-electron chi connectivity index (χ0n) is 11.8. The van der Waals surface area contributed by atoms with Crippen LogP contribution in [0.2, 0.25) is 0 Å². The molecule has 1 saturated carbocycles. The van der Waals surface area contributed by atoms with Crippen LogP contribution in [-0.2, 0) is 0 Å². The van der Waals surface area contributed by atoms with E-state index in [1.807, 2.05) is 24.3 Å². The summed E-state index contributed by atoms with van der Waals surface area (Å²) >= 11 is 0. The number of hydrogen-bond donors (Lipinski definition) is 1. The molecule has 104 valence electrons. The largest absolute Gasteiger partial charge is 0.493 e. The summed E-state index contributed by atoms with van der Waals surface area (Å²) in [4.78, 5) is 12.1. The summed E-state index contributed by atoms with van der Waals surface area (Å²) in [6, 6.07) is 7.79. The lowest BCUT2D eigenvalue weighted by Gasteiger charge is -2.13. The average Bonchev–Trinajstić information content (AvgIpc) is 2.89. The van der Waals surface area contributed by atoms with Gasteiger partial charge in [0.2, 0.25) is 0 Å². The molecule has 3 nitrogen and oxygen atoms in total. The van der Waals surface area contributed by atoms with Gasteiger partial charge in [-0.15, -0.1) is 0 Å². The van der Waals surface area contributed by atoms with Gasteiger partial charge in [0.05, 0.1) is 6.61 Å². The normalized spacial score (nSPS) is 15.7. The molecule has 1 N–H and O–H groups in total. The Morgan fingerprint density at radius 2 is 2.11 bits per heavy atom. The van der Waals surface area contributed by atoms with Crippen molar-refractivity contribution in [3.63, 3.8) is 0 Å². The Kier molecular flexibility index (Phi) is 4.83. The highest BCUT2D eigenvalue weighted by molar-refractivity contribution is 5.94. The fraction of sp³-hybridized carbons (Fsp3) is 0.562. The van der Waals surface area contributed by atoms with Gasteiger partial charge in [-0.25, -0.2) is 0 Å². The fourth-order valence-electron chi connectivity index (χ4n) is 2.33. The lowest BCUT2D eigenvalue weighted by atomic mass is 10.1. The van der Waals surface area contributed by atoms with Gasteiger partial charge in [-0.05, 0) is 37.0 Å². The van der Waals surface area contributed by atoms with Crippen molar-refractivity contribution in [2.24, 2.45) is 5.92 Å². The average molecular weight is 261 g/mol. The van der Waals surface area contributed by atoms with E-state index in [9.17, 15) is 4.79 Å². The van der Waals surface area contributed by atoms with Gasteiger partial charge in [0.15, 0.2) is 0 Å². The number of rotatable bonds is 5. The minimum Gasteiger partial charge on any atom is -0.493 e. The molecular formula is C16H23NO2. The van der Waals surface area contributed by atoms with E-state index in [0.29, 0.717) is 24.1 Å². The summed E-state index contributed by atoms with van der Waals surface area (Å²) in [7, 11) is 0. The molecule has 3 heteroatoms. The molecule has 1 aromatic rings. The lowest BCUT2D eigenvalue weighted by molar-refractivity contribution is 0.0937. The van der Waals surface area contributed by atoms with Crippen LogP contribution in [0.4, 0.5) is 0 Å². The summed E-state index contributed by atoms with van der Waals surface area (Å²) in [5.74, 6) is 1.27. The maximum Gasteiger partial charge on any atom is 0.251 e. The van der Waals surface area contributed by atoms with Crippen LogP contribution in [0, 0.1) is 5.92 Å². The minimum atomic E-state index is 0.0156. The smallest absolute Gasteiger partial charge is 0.251 e. The van der Waals surface area contributed by atoms with Crippen molar-refractivity contribution < 1.29 is 9.53 Å². The van der Waals surface area contributed by atoms with E-state index in [1.165, 1.54) is 12.8 Å². The molecule has 0 radical (unpaired) electrons. The molecule has 0 spiro atoms. The number of ether oxygens (including phenoxy) is 1. The summed E-state index contributed by atoms with van der Waals surface area (Å²) in [5, 5.41) is 3.09. The summed E-state index contributed by atoms with van der Waals surface area (Å²) < 4.78 is 5.65. The number of amides is 1. The van der Waals surface area contributed by atoms with E-state index in [2.05, 4.69) is 19.2 Å². The highest BCUT2D eigenvalue weighted by atomic mass is 16.5. The minimum absolute atomic E-state index is 0.0156. The molecule has 1 amide bonds. The number of nitrogens with one attached hydrogen (secondary N) is 1. The van der Waals surface area contributed by atoms with Crippen LogP contribution in [0.5, 0.6) is 5.75 Å². The molecule has 19 heavy (non-hydrogen) atoms. The third kappa shape index (κ3) is 4.27. The lowest BCUT2D eigenvalue weighted by Crippen LogP contribution is -2.32. The van der Waals surface area contributed by atoms with Crippen molar-refractivity contribution in [2.75, 3.05) is 6.61 Å². The topological polar surface area (TPSA) is 38.3 Å². The number of carbonyl (C=O) groups is 1. The van der Waals surface area contributed by atoms with Crippen LogP contribution in [0.1, 0.15) is 49.9 Å². The van der Waals surface area contributed by atoms with Crippen LogP contribution >= 0.6 is 0 Å². The van der Waals surface area contributed by atoms with Crippen molar-refractivity contribution in [3.8, 4) is 5.75 Å². The predicted molar refractivity (Wildman–Crippen MR) is 76.5 cm³/mol. The highest BCUT2D eigenvalue weighted by Gasteiger charge is 2.18. The Hall–Kier alpha value is -1.51. The van der Waals surface area contributed by atoms with Crippen LogP contribution < -0.4 is 10.1 Å². The third-order valence-corrected chi connectivity index (χ3v) is 3.37. The first-order valence-electron chi connectivity index (χ1n) is 7.19. The Morgan fingerprint density at radius 3 is 2.79 bits per heavy atom. The second-order valence-corrected chi connectivity index (χ2v) is 5.69. The van der Waals surface area contributed by atoms with E-state index in [-0.39, 0.29) is 5.91 Å². The molecule has 0 saturated heterocycles. The standard InChI is InChI=1S/C16H23NO2/c1-12(2)11-19-15-9-5-6-13(10-15)16(18)17-14-7-3-4-8-14/h5-6,9-10,12,14H,3-4,7-8,11H2,1-2H3,(H,17,18). The van der Waals surface area contributed by atoms with Crippen LogP contribution in [0.15, 0.2) is 24.3 Å². The van der Waals surface area contributed by atoms with Crippen LogP contribution in [-0.4, -0.2) is 18.6 Å². The summed E-state index contributed by atoms with van der Waals surface area (Å²) in [5.41, 5.74) is 0.688. The Morgan fingerprint density at radius 1 is 1.37 bits per heavy atom. The highest BCUT2D eigenvalue weighted by Crippen LogP contribution is 2.19. The molecule has 1 fully saturated rings. The maximum atomic E-state index is 12.1. The molecule has 0 bridgehead atoms. The number of hydrogen-bond acceptors (Lipinski definition) is 2. The first kappa shape index (κ1) is 13.9.